The molecule has 4 aromatic heterocycles. The summed E-state index contributed by atoms with van der Waals surface area (Å²) in [4.78, 5) is 0. The molecule has 0 aliphatic carbocycles. The molecular formula is C82H104N4O7+4. The normalized spacial score (nSPS) is 19.4. The van der Waals surface area contributed by atoms with Crippen molar-refractivity contribution in [1.82, 2.24) is 0 Å². The molecule has 11 nitrogen and oxygen atoms in total. The zero-order valence-corrected chi connectivity index (χ0v) is 57.2. The molecule has 10 rings (SSSR count). The van der Waals surface area contributed by atoms with Crippen LogP contribution in [-0.2, 0) is 32.0 Å². The molecule has 0 saturated carbocycles. The van der Waals surface area contributed by atoms with Gasteiger partial charge in [0.1, 0.15) is 5.75 Å². The Kier molecular flexibility index (Phi) is 29.8. The summed E-state index contributed by atoms with van der Waals surface area (Å²) < 4.78 is 37.7. The number of hydrogen-bond acceptors (Lipinski definition) is 7. The van der Waals surface area contributed by atoms with E-state index < -0.39 is 0 Å². The first-order chi connectivity index (χ1) is 44.9. The number of ether oxygens (including phenoxy) is 5. The first-order valence-electron chi connectivity index (χ1n) is 33.5. The fraction of sp³-hybridized carbons (Fsp3) is 0.366. The zero-order valence-electron chi connectivity index (χ0n) is 57.2. The highest BCUT2D eigenvalue weighted by Gasteiger charge is 2.30. The van der Waals surface area contributed by atoms with E-state index in [9.17, 15) is 10.2 Å². The Morgan fingerprint density at radius 1 is 0.441 bits per heavy atom. The second-order valence-corrected chi connectivity index (χ2v) is 24.8. The molecule has 490 valence electrons. The van der Waals surface area contributed by atoms with Gasteiger partial charge in [-0.25, -0.2) is 4.57 Å². The minimum Gasteiger partial charge on any atom is -0.497 e. The third-order valence-corrected chi connectivity index (χ3v) is 16.5. The van der Waals surface area contributed by atoms with E-state index in [1.165, 1.54) is 44.9 Å². The molecule has 0 radical (unpaired) electrons. The maximum Gasteiger partial charge on any atom is 0.218 e. The lowest BCUT2D eigenvalue weighted by Crippen LogP contribution is -2.50. The Hall–Kier alpha value is -8.00. The van der Waals surface area contributed by atoms with Crippen molar-refractivity contribution in [1.29, 1.82) is 0 Å². The van der Waals surface area contributed by atoms with Crippen LogP contribution >= 0.6 is 0 Å². The van der Waals surface area contributed by atoms with Crippen molar-refractivity contribution in [2.24, 2.45) is 0 Å². The van der Waals surface area contributed by atoms with Gasteiger partial charge in [0.2, 0.25) is 24.0 Å². The molecule has 2 N–H and O–H groups in total. The summed E-state index contributed by atoms with van der Waals surface area (Å²) in [5.74, 6) is 0.869. The van der Waals surface area contributed by atoms with Gasteiger partial charge in [0.25, 0.3) is 0 Å². The number of pyridine rings is 4. The third-order valence-electron chi connectivity index (χ3n) is 16.5. The quantitative estimate of drug-likeness (QED) is 0.0691. The maximum absolute atomic E-state index is 9.77. The Morgan fingerprint density at radius 2 is 0.839 bits per heavy atom. The number of hydrogen-bond donors (Lipinski definition) is 2. The summed E-state index contributed by atoms with van der Waals surface area (Å²) in [6.45, 7) is 24.2. The summed E-state index contributed by atoms with van der Waals surface area (Å²) in [7, 11) is 1.68. The summed E-state index contributed by atoms with van der Waals surface area (Å²) in [6, 6.07) is 59.0. The molecule has 93 heavy (non-hydrogen) atoms. The fourth-order valence-electron chi connectivity index (χ4n) is 11.6. The Labute approximate surface area is 556 Å². The minimum absolute atomic E-state index is 0.176. The smallest absolute Gasteiger partial charge is 0.218 e. The summed E-state index contributed by atoms with van der Waals surface area (Å²) in [5, 5.41) is 19.3. The van der Waals surface area contributed by atoms with Crippen LogP contribution in [0.25, 0.3) is 48.6 Å². The molecule has 2 saturated heterocycles. The van der Waals surface area contributed by atoms with Crippen molar-refractivity contribution in [2.75, 3.05) is 7.11 Å². The van der Waals surface area contributed by atoms with Crippen molar-refractivity contribution >= 4 is 48.6 Å². The molecule has 8 aromatic rings. The van der Waals surface area contributed by atoms with Crippen LogP contribution in [0.15, 0.2) is 195 Å². The molecule has 11 heteroatoms. The number of aliphatic hydroxyl groups is 2. The van der Waals surface area contributed by atoms with Gasteiger partial charge in [-0.05, 0) is 131 Å². The second-order valence-electron chi connectivity index (χ2n) is 24.8. The Bertz CT molecular complexity index is 3530. The van der Waals surface area contributed by atoms with Crippen LogP contribution in [0.3, 0.4) is 0 Å². The Morgan fingerprint density at radius 3 is 1.31 bits per heavy atom. The van der Waals surface area contributed by atoms with E-state index in [0.717, 1.165) is 61.1 Å². The largest absolute Gasteiger partial charge is 0.497 e. The number of aryl methyl sites for hydroxylation is 3. The monoisotopic (exact) mass is 1260 g/mol. The van der Waals surface area contributed by atoms with Crippen molar-refractivity contribution < 1.29 is 52.2 Å². The van der Waals surface area contributed by atoms with Gasteiger partial charge >= 0.3 is 0 Å². The summed E-state index contributed by atoms with van der Waals surface area (Å²) in [5.41, 5.74) is 13.1. The molecule has 2 aliphatic heterocycles. The van der Waals surface area contributed by atoms with Crippen LogP contribution in [0.2, 0.25) is 0 Å². The first-order valence-corrected chi connectivity index (χ1v) is 33.5. The van der Waals surface area contributed by atoms with Gasteiger partial charge in [0, 0.05) is 100 Å². The summed E-state index contributed by atoms with van der Waals surface area (Å²) in [6.07, 6.45) is 30.9. The molecule has 0 bridgehead atoms. The van der Waals surface area contributed by atoms with Crippen LogP contribution in [0.1, 0.15) is 168 Å². The molecule has 8 atom stereocenters. The van der Waals surface area contributed by atoms with Crippen LogP contribution in [-0.4, -0.2) is 66.5 Å². The molecule has 0 spiro atoms. The van der Waals surface area contributed by atoms with Crippen molar-refractivity contribution in [3.63, 3.8) is 0 Å². The Balaban J connectivity index is 0.000000176. The molecule has 2 fully saturated rings. The number of nitrogens with zero attached hydrogens (tertiary/aromatic N) is 4. The van der Waals surface area contributed by atoms with Crippen molar-refractivity contribution in [2.45, 2.75) is 189 Å². The molecule has 4 aromatic carbocycles. The standard InChI is InChI=1S/C21H26NO3.C21H26NO2.2C20H26NO/c1-16-14-17(2)25-21(24-16)15-22-12-10-19(11-13-22)5-4-18-6-8-20(23-3)9-7-18;1-16-8-7-11-20(13-12-19-9-5-4-6-10-19)22(16)15-21-23-17(2)14-18(3)24-21;1-4-20(15-17(3)22)21-13-11-19(12-14-21)10-9-18-7-5-16(2)6-8-18;1-4-19(15-17(3)22)21-16(2)9-8-12-20(21)14-13-18-10-6-5-7-11-18/h4-13,16-17,21H,14-15H2,1-3H3;4-13,17-18,21H,14-15H2,1-3H3;5-14,17,20,22H,4,15H2,1-3H3;5-14,17,19,22H,4,15H2,1-3H3/q4*+1/b5-4+;13-12+;10-9-;14-13-. The lowest BCUT2D eigenvalue weighted by molar-refractivity contribution is -0.731. The first kappa shape index (κ1) is 72.4. The fourth-order valence-corrected chi connectivity index (χ4v) is 11.6. The summed E-state index contributed by atoms with van der Waals surface area (Å²) >= 11 is 0. The third kappa shape index (κ3) is 25.1. The van der Waals surface area contributed by atoms with Gasteiger partial charge in [-0.3, -0.25) is 0 Å². The van der Waals surface area contributed by atoms with Crippen LogP contribution in [0.5, 0.6) is 5.75 Å². The predicted octanol–water partition coefficient (Wildman–Crippen LogP) is 16.0. The number of aliphatic hydroxyl groups excluding tert-OH is 2. The van der Waals surface area contributed by atoms with Gasteiger partial charge in [-0.1, -0.05) is 141 Å². The molecule has 8 unspecified atom stereocenters. The average molecular weight is 1260 g/mol. The second kappa shape index (κ2) is 38.2. The SMILES string of the molecule is CCC(CC(C)O)[n+]1c(C)cccc1/C=C\c1ccccc1.CCC(CC(C)O)[n+]1ccc(/C=C\c2ccc(C)cc2)cc1.COc1ccc(/C=C/c2cc[n+](CC3OC(C)CC(C)O3)cc2)cc1.Cc1cccc(/C=C/c2ccccc2)[n+]1CC1OC(C)CC(C)O1. The van der Waals surface area contributed by atoms with Crippen LogP contribution < -0.4 is 23.0 Å². The number of methoxy groups -OCH3 is 1. The van der Waals surface area contributed by atoms with E-state index >= 15 is 0 Å². The number of benzene rings is 4. The van der Waals surface area contributed by atoms with E-state index in [4.69, 9.17) is 23.7 Å². The lowest BCUT2D eigenvalue weighted by Gasteiger charge is -2.31. The molecular weight excluding hydrogens is 1150 g/mol. The van der Waals surface area contributed by atoms with E-state index in [1.54, 1.807) is 7.11 Å². The maximum atomic E-state index is 9.77. The minimum atomic E-state index is -0.289. The topological polar surface area (TPSA) is 102 Å². The van der Waals surface area contributed by atoms with Gasteiger partial charge in [0.05, 0.1) is 43.7 Å². The van der Waals surface area contributed by atoms with Gasteiger partial charge in [-0.2, -0.15) is 13.7 Å². The van der Waals surface area contributed by atoms with Crippen LogP contribution in [0, 0.1) is 20.8 Å². The van der Waals surface area contributed by atoms with Gasteiger partial charge < -0.3 is 33.9 Å². The number of aromatic nitrogens is 4. The van der Waals surface area contributed by atoms with Gasteiger partial charge in [0.15, 0.2) is 61.3 Å². The number of rotatable bonds is 21. The van der Waals surface area contributed by atoms with E-state index in [-0.39, 0.29) is 49.2 Å². The molecule has 2 aliphatic rings. The average Bonchev–Trinajstić information content (AvgIpc) is 1.17. The highest BCUT2D eigenvalue weighted by atomic mass is 16.7. The van der Waals surface area contributed by atoms with Crippen LogP contribution in [0.4, 0.5) is 0 Å². The highest BCUT2D eigenvalue weighted by molar-refractivity contribution is 5.71. The van der Waals surface area contributed by atoms with Gasteiger partial charge in [-0.15, -0.1) is 0 Å². The zero-order chi connectivity index (χ0) is 66.5. The predicted molar refractivity (Wildman–Crippen MR) is 379 cm³/mol. The van der Waals surface area contributed by atoms with E-state index in [2.05, 4.69) is 275 Å². The lowest BCUT2D eigenvalue weighted by atomic mass is 10.1. The molecule has 6 heterocycles. The van der Waals surface area contributed by atoms with Crippen molar-refractivity contribution in [3.05, 3.63) is 256 Å². The van der Waals surface area contributed by atoms with E-state index in [0.29, 0.717) is 25.2 Å². The van der Waals surface area contributed by atoms with Crippen molar-refractivity contribution in [3.8, 4) is 5.75 Å². The van der Waals surface area contributed by atoms with E-state index in [1.807, 2.05) is 62.4 Å². The highest BCUT2D eigenvalue weighted by Crippen LogP contribution is 2.22. The molecule has 0 amide bonds.